The Morgan fingerprint density at radius 3 is 2.75 bits per heavy atom. The number of aliphatic hydroxyl groups is 1. The molecule has 20 heavy (non-hydrogen) atoms. The van der Waals surface area contributed by atoms with Crippen LogP contribution in [0.1, 0.15) is 11.1 Å². The molecular formula is C12H11BrFNO4S. The summed E-state index contributed by atoms with van der Waals surface area (Å²) in [4.78, 5) is -0.514. The molecule has 0 aliphatic heterocycles. The molecule has 0 saturated heterocycles. The van der Waals surface area contributed by atoms with E-state index < -0.39 is 27.3 Å². The van der Waals surface area contributed by atoms with Crippen molar-refractivity contribution >= 4 is 26.0 Å². The zero-order valence-electron chi connectivity index (χ0n) is 10.1. The number of nitrogens with one attached hydrogen (secondary N) is 1. The highest BCUT2D eigenvalue weighted by molar-refractivity contribution is 9.10. The second-order valence-corrected chi connectivity index (χ2v) is 6.64. The summed E-state index contributed by atoms with van der Waals surface area (Å²) in [6.07, 6.45) is 2.80. The van der Waals surface area contributed by atoms with E-state index in [0.29, 0.717) is 10.0 Å². The van der Waals surface area contributed by atoms with Gasteiger partial charge in [0.15, 0.2) is 0 Å². The lowest BCUT2D eigenvalue weighted by Crippen LogP contribution is -2.24. The van der Waals surface area contributed by atoms with Crippen LogP contribution in [-0.2, 0) is 23.2 Å². The van der Waals surface area contributed by atoms with Crippen molar-refractivity contribution in [3.05, 3.63) is 52.1 Å². The van der Waals surface area contributed by atoms with Gasteiger partial charge in [0.25, 0.3) is 0 Å². The number of sulfonamides is 1. The number of furan rings is 1. The van der Waals surface area contributed by atoms with Gasteiger partial charge >= 0.3 is 0 Å². The molecule has 0 aliphatic carbocycles. The van der Waals surface area contributed by atoms with E-state index >= 15 is 0 Å². The van der Waals surface area contributed by atoms with Crippen LogP contribution in [0.25, 0.3) is 0 Å². The molecule has 0 saturated carbocycles. The highest BCUT2D eigenvalue weighted by atomic mass is 79.9. The first-order chi connectivity index (χ1) is 9.44. The summed E-state index contributed by atoms with van der Waals surface area (Å²) in [5.41, 5.74) is 0.523. The highest BCUT2D eigenvalue weighted by Crippen LogP contribution is 2.24. The van der Waals surface area contributed by atoms with Crippen LogP contribution in [0, 0.1) is 5.82 Å². The SMILES string of the molecule is O=S(=O)(NCc1ccoc1)c1cc(Br)cc(CO)c1F. The van der Waals surface area contributed by atoms with Crippen LogP contribution in [0.3, 0.4) is 0 Å². The molecule has 2 rings (SSSR count). The Kier molecular flexibility index (Phi) is 4.59. The van der Waals surface area contributed by atoms with Crippen LogP contribution in [-0.4, -0.2) is 13.5 Å². The molecule has 0 unspecified atom stereocenters. The molecule has 1 heterocycles. The summed E-state index contributed by atoms with van der Waals surface area (Å²) in [6, 6.07) is 4.07. The van der Waals surface area contributed by atoms with Crippen molar-refractivity contribution in [3.8, 4) is 0 Å². The monoisotopic (exact) mass is 363 g/mol. The van der Waals surface area contributed by atoms with E-state index in [1.807, 2.05) is 0 Å². The zero-order valence-corrected chi connectivity index (χ0v) is 12.5. The number of benzene rings is 1. The Morgan fingerprint density at radius 1 is 1.40 bits per heavy atom. The molecule has 0 amide bonds. The third-order valence-corrected chi connectivity index (χ3v) is 4.44. The summed E-state index contributed by atoms with van der Waals surface area (Å²) in [6.45, 7) is -0.602. The number of aliphatic hydroxyl groups excluding tert-OH is 1. The van der Waals surface area contributed by atoms with Gasteiger partial charge in [-0.05, 0) is 18.2 Å². The van der Waals surface area contributed by atoms with Crippen LogP contribution in [0.2, 0.25) is 0 Å². The Hall–Kier alpha value is -1.22. The standard InChI is InChI=1S/C12H11BrFNO4S/c13-10-3-9(6-16)12(14)11(4-10)20(17,18)15-5-8-1-2-19-7-8/h1-4,7,15-16H,5-6H2. The van der Waals surface area contributed by atoms with Gasteiger partial charge < -0.3 is 9.52 Å². The van der Waals surface area contributed by atoms with Gasteiger partial charge in [-0.15, -0.1) is 0 Å². The summed E-state index contributed by atoms with van der Waals surface area (Å²) in [7, 11) is -4.03. The van der Waals surface area contributed by atoms with Gasteiger partial charge in [0, 0.05) is 22.1 Å². The van der Waals surface area contributed by atoms with Crippen LogP contribution >= 0.6 is 15.9 Å². The van der Waals surface area contributed by atoms with E-state index in [-0.39, 0.29) is 12.1 Å². The largest absolute Gasteiger partial charge is 0.472 e. The smallest absolute Gasteiger partial charge is 0.243 e. The lowest BCUT2D eigenvalue weighted by atomic mass is 10.2. The molecule has 108 valence electrons. The first kappa shape index (κ1) is 15.2. The lowest BCUT2D eigenvalue weighted by Gasteiger charge is -2.10. The van der Waals surface area contributed by atoms with Gasteiger partial charge in [0.2, 0.25) is 10.0 Å². The van der Waals surface area contributed by atoms with Crippen LogP contribution in [0.4, 0.5) is 4.39 Å². The van der Waals surface area contributed by atoms with Gasteiger partial charge in [0.05, 0.1) is 19.1 Å². The van der Waals surface area contributed by atoms with E-state index in [2.05, 4.69) is 20.7 Å². The maximum Gasteiger partial charge on any atom is 0.243 e. The number of hydrogen-bond acceptors (Lipinski definition) is 4. The van der Waals surface area contributed by atoms with Gasteiger partial charge in [-0.2, -0.15) is 0 Å². The van der Waals surface area contributed by atoms with Crippen molar-refractivity contribution in [2.75, 3.05) is 0 Å². The molecule has 1 aromatic carbocycles. The Balaban J connectivity index is 2.31. The van der Waals surface area contributed by atoms with E-state index in [4.69, 9.17) is 9.52 Å². The van der Waals surface area contributed by atoms with E-state index in [1.165, 1.54) is 18.6 Å². The van der Waals surface area contributed by atoms with Crippen molar-refractivity contribution in [3.63, 3.8) is 0 Å². The number of halogens is 2. The maximum atomic E-state index is 14.0. The number of rotatable bonds is 5. The van der Waals surface area contributed by atoms with Crippen LogP contribution < -0.4 is 4.72 Å². The number of hydrogen-bond donors (Lipinski definition) is 2. The predicted octanol–water partition coefficient (Wildman–Crippen LogP) is 2.15. The van der Waals surface area contributed by atoms with Crippen molar-refractivity contribution in [1.82, 2.24) is 4.72 Å². The molecule has 5 nitrogen and oxygen atoms in total. The maximum absolute atomic E-state index is 14.0. The van der Waals surface area contributed by atoms with Gasteiger partial charge in [-0.1, -0.05) is 15.9 Å². The molecule has 8 heteroatoms. The molecular weight excluding hydrogens is 353 g/mol. The molecule has 2 N–H and O–H groups in total. The highest BCUT2D eigenvalue weighted by Gasteiger charge is 2.22. The van der Waals surface area contributed by atoms with Gasteiger partial charge in [-0.25, -0.2) is 17.5 Å². The topological polar surface area (TPSA) is 79.5 Å². The second-order valence-electron chi connectivity index (χ2n) is 3.99. The van der Waals surface area contributed by atoms with E-state index in [0.717, 1.165) is 6.07 Å². The second kappa shape index (κ2) is 6.04. The van der Waals surface area contributed by atoms with Gasteiger partial charge in [-0.3, -0.25) is 0 Å². The fourth-order valence-corrected chi connectivity index (χ4v) is 3.40. The molecule has 0 radical (unpaired) electrons. The third-order valence-electron chi connectivity index (χ3n) is 2.59. The normalized spacial score (nSPS) is 11.8. The Labute approximate surface area is 123 Å². The van der Waals surface area contributed by atoms with Crippen molar-refractivity contribution in [2.45, 2.75) is 18.0 Å². The molecule has 1 aromatic heterocycles. The molecule has 0 fully saturated rings. The molecule has 2 aromatic rings. The lowest BCUT2D eigenvalue weighted by molar-refractivity contribution is 0.274. The summed E-state index contributed by atoms with van der Waals surface area (Å²) in [5, 5.41) is 9.02. The summed E-state index contributed by atoms with van der Waals surface area (Å²) < 4.78 is 45.6. The predicted molar refractivity (Wildman–Crippen MR) is 72.8 cm³/mol. The average Bonchev–Trinajstić information content (AvgIpc) is 2.92. The first-order valence-electron chi connectivity index (χ1n) is 5.53. The van der Waals surface area contributed by atoms with Crippen LogP contribution in [0.5, 0.6) is 0 Å². The van der Waals surface area contributed by atoms with Crippen molar-refractivity contribution in [2.24, 2.45) is 0 Å². The average molecular weight is 364 g/mol. The molecule has 0 atom stereocenters. The van der Waals surface area contributed by atoms with Crippen LogP contribution in [0.15, 0.2) is 44.5 Å². The van der Waals surface area contributed by atoms with E-state index in [9.17, 15) is 12.8 Å². The molecule has 0 bridgehead atoms. The fourth-order valence-electron chi connectivity index (χ4n) is 1.58. The first-order valence-corrected chi connectivity index (χ1v) is 7.81. The summed E-state index contributed by atoms with van der Waals surface area (Å²) >= 11 is 3.09. The minimum atomic E-state index is -4.03. The van der Waals surface area contributed by atoms with E-state index in [1.54, 1.807) is 6.07 Å². The quantitative estimate of drug-likeness (QED) is 0.852. The Morgan fingerprint density at radius 2 is 2.15 bits per heavy atom. The Bertz CT molecular complexity index is 700. The molecule has 0 aliphatic rings. The van der Waals surface area contributed by atoms with Gasteiger partial charge in [0.1, 0.15) is 10.7 Å². The zero-order chi connectivity index (χ0) is 14.8. The minimum Gasteiger partial charge on any atom is -0.472 e. The minimum absolute atomic E-state index is 0.0146. The van der Waals surface area contributed by atoms with Crippen molar-refractivity contribution in [1.29, 1.82) is 0 Å². The molecule has 0 spiro atoms. The third kappa shape index (κ3) is 3.26. The summed E-state index contributed by atoms with van der Waals surface area (Å²) in [5.74, 6) is -0.963. The van der Waals surface area contributed by atoms with Crippen molar-refractivity contribution < 1.29 is 22.3 Å². The fraction of sp³-hybridized carbons (Fsp3) is 0.167.